The number of piperidine rings is 1. The van der Waals surface area contributed by atoms with Gasteiger partial charge in [0.1, 0.15) is 5.78 Å². The number of nitrogens with zero attached hydrogens (tertiary/aromatic N) is 1. The van der Waals surface area contributed by atoms with Crippen LogP contribution in [0, 0.1) is 5.92 Å². The smallest absolute Gasteiger partial charge is 0.317 e. The summed E-state index contributed by atoms with van der Waals surface area (Å²) in [7, 11) is 0. The average Bonchev–Trinajstić information content (AvgIpc) is 2.47. The van der Waals surface area contributed by atoms with E-state index in [4.69, 9.17) is 0 Å². The maximum absolute atomic E-state index is 12.1. The first-order valence-electron chi connectivity index (χ1n) is 7.79. The van der Waals surface area contributed by atoms with Crippen LogP contribution < -0.4 is 5.32 Å². The van der Waals surface area contributed by atoms with Crippen molar-refractivity contribution in [2.24, 2.45) is 5.92 Å². The predicted octanol–water partition coefficient (Wildman–Crippen LogP) is 2.72. The lowest BCUT2D eigenvalue weighted by Crippen LogP contribution is -2.48. The Hall–Kier alpha value is -1.06. The fourth-order valence-corrected chi connectivity index (χ4v) is 3.21. The molecule has 2 amide bonds. The second-order valence-corrected chi connectivity index (χ2v) is 5.87. The predicted molar refractivity (Wildman–Crippen MR) is 75.0 cm³/mol. The van der Waals surface area contributed by atoms with Gasteiger partial charge in [-0.15, -0.1) is 0 Å². The van der Waals surface area contributed by atoms with Crippen molar-refractivity contribution in [2.75, 3.05) is 13.1 Å². The quantitative estimate of drug-likeness (QED) is 0.854. The fraction of sp³-hybridized carbons (Fsp3) is 0.867. The number of ketones is 1. The summed E-state index contributed by atoms with van der Waals surface area (Å²) in [5.74, 6) is 0.538. The average molecular weight is 266 g/mol. The van der Waals surface area contributed by atoms with Crippen LogP contribution in [0.3, 0.4) is 0 Å². The summed E-state index contributed by atoms with van der Waals surface area (Å²) in [4.78, 5) is 25.7. The standard InChI is InChI=1S/C15H26N2O2/c1-2-14(18)12-8-10-17(11-9-12)15(19)16-13-6-4-3-5-7-13/h12-13H,2-11H2,1H3,(H,16,19). The van der Waals surface area contributed by atoms with Gasteiger partial charge in [-0.25, -0.2) is 4.79 Å². The molecule has 0 aromatic carbocycles. The third kappa shape index (κ3) is 3.95. The first-order valence-corrected chi connectivity index (χ1v) is 7.79. The van der Waals surface area contributed by atoms with Crippen molar-refractivity contribution < 1.29 is 9.59 Å². The van der Waals surface area contributed by atoms with Gasteiger partial charge in [0, 0.05) is 31.5 Å². The van der Waals surface area contributed by atoms with Crippen LogP contribution in [0.5, 0.6) is 0 Å². The highest BCUT2D eigenvalue weighted by atomic mass is 16.2. The molecule has 0 aromatic heterocycles. The molecule has 0 aromatic rings. The molecule has 1 aliphatic carbocycles. The summed E-state index contributed by atoms with van der Waals surface area (Å²) in [6, 6.07) is 0.450. The minimum absolute atomic E-state index is 0.0781. The molecule has 2 rings (SSSR count). The van der Waals surface area contributed by atoms with Crippen molar-refractivity contribution in [3.05, 3.63) is 0 Å². The van der Waals surface area contributed by atoms with Crippen molar-refractivity contribution in [2.45, 2.75) is 64.3 Å². The molecule has 19 heavy (non-hydrogen) atoms. The summed E-state index contributed by atoms with van der Waals surface area (Å²) >= 11 is 0. The molecule has 1 saturated heterocycles. The highest BCUT2D eigenvalue weighted by Crippen LogP contribution is 2.21. The van der Waals surface area contributed by atoms with Crippen LogP contribution in [-0.2, 0) is 4.79 Å². The Labute approximate surface area is 115 Å². The molecule has 0 atom stereocenters. The van der Waals surface area contributed by atoms with Gasteiger partial charge in [-0.1, -0.05) is 26.2 Å². The number of rotatable bonds is 3. The maximum atomic E-state index is 12.1. The molecule has 1 N–H and O–H groups in total. The topological polar surface area (TPSA) is 49.4 Å². The lowest BCUT2D eigenvalue weighted by molar-refractivity contribution is -0.123. The third-order valence-electron chi connectivity index (χ3n) is 4.52. The van der Waals surface area contributed by atoms with E-state index in [-0.39, 0.29) is 11.9 Å². The van der Waals surface area contributed by atoms with Gasteiger partial charge in [0.25, 0.3) is 0 Å². The second-order valence-electron chi connectivity index (χ2n) is 5.87. The van der Waals surface area contributed by atoms with Crippen LogP contribution in [0.2, 0.25) is 0 Å². The van der Waals surface area contributed by atoms with E-state index in [1.807, 2.05) is 11.8 Å². The number of Topliss-reactive ketones (excluding diaryl/α,β-unsaturated/α-hetero) is 1. The largest absolute Gasteiger partial charge is 0.335 e. The number of carbonyl (C=O) groups is 2. The van der Waals surface area contributed by atoms with Crippen molar-refractivity contribution in [1.82, 2.24) is 10.2 Å². The van der Waals surface area contributed by atoms with Gasteiger partial charge in [0.2, 0.25) is 0 Å². The monoisotopic (exact) mass is 266 g/mol. The molecule has 1 heterocycles. The van der Waals surface area contributed by atoms with Gasteiger partial charge < -0.3 is 10.2 Å². The summed E-state index contributed by atoms with van der Waals surface area (Å²) in [6.45, 7) is 3.38. The summed E-state index contributed by atoms with van der Waals surface area (Å²) in [5, 5.41) is 3.15. The van der Waals surface area contributed by atoms with Crippen LogP contribution in [-0.4, -0.2) is 35.8 Å². The molecule has 1 saturated carbocycles. The molecule has 4 heteroatoms. The first-order chi connectivity index (χ1) is 9.20. The lowest BCUT2D eigenvalue weighted by Gasteiger charge is -2.33. The van der Waals surface area contributed by atoms with Crippen molar-refractivity contribution in [3.63, 3.8) is 0 Å². The molecular formula is C15H26N2O2. The Morgan fingerprint density at radius 2 is 1.68 bits per heavy atom. The molecular weight excluding hydrogens is 240 g/mol. The minimum atomic E-state index is 0.0781. The van der Waals surface area contributed by atoms with Gasteiger partial charge in [-0.3, -0.25) is 4.79 Å². The molecule has 1 aliphatic heterocycles. The zero-order valence-corrected chi connectivity index (χ0v) is 12.0. The van der Waals surface area contributed by atoms with Gasteiger partial charge in [0.15, 0.2) is 0 Å². The maximum Gasteiger partial charge on any atom is 0.317 e. The van der Waals surface area contributed by atoms with Gasteiger partial charge in [-0.2, -0.15) is 0 Å². The molecule has 0 spiro atoms. The number of amides is 2. The SMILES string of the molecule is CCC(=O)C1CCN(C(=O)NC2CCCCC2)CC1. The Balaban J connectivity index is 1.74. The lowest BCUT2D eigenvalue weighted by atomic mass is 9.91. The van der Waals surface area contributed by atoms with E-state index in [0.717, 1.165) is 38.8 Å². The highest BCUT2D eigenvalue weighted by molar-refractivity contribution is 5.81. The second kappa shape index (κ2) is 6.92. The summed E-state index contributed by atoms with van der Waals surface area (Å²) in [6.07, 6.45) is 8.31. The minimum Gasteiger partial charge on any atom is -0.335 e. The zero-order valence-electron chi connectivity index (χ0n) is 12.0. The molecule has 0 bridgehead atoms. The summed E-state index contributed by atoms with van der Waals surface area (Å²) < 4.78 is 0. The first kappa shape index (κ1) is 14.4. The molecule has 0 radical (unpaired) electrons. The van der Waals surface area contributed by atoms with Crippen LogP contribution in [0.15, 0.2) is 0 Å². The van der Waals surface area contributed by atoms with Gasteiger partial charge in [-0.05, 0) is 25.7 Å². The van der Waals surface area contributed by atoms with E-state index in [1.54, 1.807) is 0 Å². The number of nitrogens with one attached hydrogen (secondary N) is 1. The number of urea groups is 1. The van der Waals surface area contributed by atoms with Crippen LogP contribution in [0.25, 0.3) is 0 Å². The third-order valence-corrected chi connectivity index (χ3v) is 4.52. The normalized spacial score (nSPS) is 22.3. The Kier molecular flexibility index (Phi) is 5.23. The fourth-order valence-electron chi connectivity index (χ4n) is 3.21. The molecule has 2 fully saturated rings. The van der Waals surface area contributed by atoms with Crippen molar-refractivity contribution >= 4 is 11.8 Å². The van der Waals surface area contributed by atoms with Crippen molar-refractivity contribution in [1.29, 1.82) is 0 Å². The van der Waals surface area contributed by atoms with Gasteiger partial charge >= 0.3 is 6.03 Å². The van der Waals surface area contributed by atoms with E-state index in [9.17, 15) is 9.59 Å². The molecule has 4 nitrogen and oxygen atoms in total. The van der Waals surface area contributed by atoms with E-state index in [0.29, 0.717) is 18.2 Å². The van der Waals surface area contributed by atoms with Crippen LogP contribution in [0.4, 0.5) is 4.79 Å². The Morgan fingerprint density at radius 1 is 1.05 bits per heavy atom. The van der Waals surface area contributed by atoms with E-state index >= 15 is 0 Å². The highest BCUT2D eigenvalue weighted by Gasteiger charge is 2.27. The molecule has 2 aliphatic rings. The summed E-state index contributed by atoms with van der Waals surface area (Å²) in [5.41, 5.74) is 0. The van der Waals surface area contributed by atoms with E-state index in [1.165, 1.54) is 19.3 Å². The van der Waals surface area contributed by atoms with Crippen molar-refractivity contribution in [3.8, 4) is 0 Å². The van der Waals surface area contributed by atoms with E-state index < -0.39 is 0 Å². The zero-order chi connectivity index (χ0) is 13.7. The number of likely N-dealkylation sites (tertiary alicyclic amines) is 1. The van der Waals surface area contributed by atoms with Gasteiger partial charge in [0.05, 0.1) is 0 Å². The molecule has 0 unspecified atom stereocenters. The Morgan fingerprint density at radius 3 is 2.26 bits per heavy atom. The van der Waals surface area contributed by atoms with Crippen LogP contribution in [0.1, 0.15) is 58.3 Å². The Bertz CT molecular complexity index is 316. The number of hydrogen-bond acceptors (Lipinski definition) is 2. The van der Waals surface area contributed by atoms with Crippen LogP contribution >= 0.6 is 0 Å². The number of hydrogen-bond donors (Lipinski definition) is 1. The van der Waals surface area contributed by atoms with E-state index in [2.05, 4.69) is 5.32 Å². The number of carbonyl (C=O) groups excluding carboxylic acids is 2. The molecule has 108 valence electrons.